The zero-order valence-electron chi connectivity index (χ0n) is 15.2. The molecule has 140 valence electrons. The molecule has 0 aromatic carbocycles. The molecule has 2 aliphatic rings. The van der Waals surface area contributed by atoms with Crippen molar-refractivity contribution in [1.82, 2.24) is 0 Å². The average Bonchev–Trinajstić information content (AvgIpc) is 3.42. The summed E-state index contributed by atoms with van der Waals surface area (Å²) in [5, 5.41) is 19.5. The standard InChI is InChI=1S/C20H30O5/c1-15(2)4-3-9-19(13-21)18(25-19)7-10-20(14-22)17(24-20)6-5-16-8-11-23-12-16/h4,8,11-12,17-18,21-22H,3,5-7,9-10,13-14H2,1-2H3/t17-,18-,19-,20-/m0/s1. The average molecular weight is 350 g/mol. The molecule has 25 heavy (non-hydrogen) atoms. The van der Waals surface area contributed by atoms with Crippen LogP contribution in [0.15, 0.2) is 34.7 Å². The lowest BCUT2D eigenvalue weighted by Crippen LogP contribution is -2.25. The van der Waals surface area contributed by atoms with Crippen LogP contribution in [-0.4, -0.2) is 46.8 Å². The van der Waals surface area contributed by atoms with Gasteiger partial charge in [0.25, 0.3) is 0 Å². The van der Waals surface area contributed by atoms with E-state index in [2.05, 4.69) is 19.9 Å². The first-order chi connectivity index (χ1) is 12.0. The maximum absolute atomic E-state index is 9.77. The predicted molar refractivity (Wildman–Crippen MR) is 94.3 cm³/mol. The zero-order valence-corrected chi connectivity index (χ0v) is 15.2. The zero-order chi connectivity index (χ0) is 17.9. The molecule has 0 spiro atoms. The van der Waals surface area contributed by atoms with Crippen molar-refractivity contribution in [2.24, 2.45) is 0 Å². The summed E-state index contributed by atoms with van der Waals surface area (Å²) in [6.45, 7) is 4.26. The summed E-state index contributed by atoms with van der Waals surface area (Å²) >= 11 is 0. The first-order valence-corrected chi connectivity index (χ1v) is 9.25. The molecule has 0 unspecified atom stereocenters. The van der Waals surface area contributed by atoms with Gasteiger partial charge in [0, 0.05) is 0 Å². The minimum Gasteiger partial charge on any atom is -0.472 e. The Bertz CT molecular complexity index is 577. The van der Waals surface area contributed by atoms with Crippen LogP contribution < -0.4 is 0 Å². The summed E-state index contributed by atoms with van der Waals surface area (Å²) in [5.74, 6) is 0. The Morgan fingerprint density at radius 2 is 1.76 bits per heavy atom. The molecule has 0 bridgehead atoms. The molecule has 3 rings (SSSR count). The Labute approximate surface area is 149 Å². The van der Waals surface area contributed by atoms with E-state index in [1.54, 1.807) is 12.5 Å². The van der Waals surface area contributed by atoms with Gasteiger partial charge in [-0.1, -0.05) is 11.6 Å². The number of hydrogen-bond acceptors (Lipinski definition) is 5. The van der Waals surface area contributed by atoms with Crippen LogP contribution in [0.25, 0.3) is 0 Å². The molecule has 1 aromatic rings. The first kappa shape index (κ1) is 18.6. The highest BCUT2D eigenvalue weighted by atomic mass is 16.6. The Balaban J connectivity index is 1.42. The quantitative estimate of drug-likeness (QED) is 0.474. The highest BCUT2D eigenvalue weighted by Gasteiger charge is 2.59. The molecule has 2 saturated heterocycles. The van der Waals surface area contributed by atoms with Gasteiger partial charge in [0.05, 0.1) is 37.9 Å². The van der Waals surface area contributed by atoms with Crippen LogP contribution in [0, 0.1) is 0 Å². The van der Waals surface area contributed by atoms with Gasteiger partial charge in [0.1, 0.15) is 11.2 Å². The van der Waals surface area contributed by atoms with Crippen molar-refractivity contribution < 1.29 is 24.1 Å². The smallest absolute Gasteiger partial charge is 0.118 e. The number of aliphatic hydroxyl groups is 2. The number of aliphatic hydroxyl groups excluding tert-OH is 2. The van der Waals surface area contributed by atoms with Crippen LogP contribution in [0.3, 0.4) is 0 Å². The number of hydrogen-bond donors (Lipinski definition) is 2. The lowest BCUT2D eigenvalue weighted by molar-refractivity contribution is 0.157. The fourth-order valence-electron chi connectivity index (χ4n) is 3.73. The van der Waals surface area contributed by atoms with E-state index in [-0.39, 0.29) is 31.0 Å². The van der Waals surface area contributed by atoms with Crippen molar-refractivity contribution in [3.8, 4) is 0 Å². The summed E-state index contributed by atoms with van der Waals surface area (Å²) < 4.78 is 16.7. The maximum Gasteiger partial charge on any atom is 0.118 e. The maximum atomic E-state index is 9.77. The van der Waals surface area contributed by atoms with E-state index in [1.807, 2.05) is 6.07 Å². The van der Waals surface area contributed by atoms with Gasteiger partial charge in [-0.05, 0) is 64.0 Å². The molecule has 2 N–H and O–H groups in total. The second kappa shape index (κ2) is 7.62. The number of aryl methyl sites for hydroxylation is 1. The van der Waals surface area contributed by atoms with Crippen LogP contribution in [-0.2, 0) is 15.9 Å². The highest BCUT2D eigenvalue weighted by Crippen LogP contribution is 2.48. The topological polar surface area (TPSA) is 78.7 Å². The van der Waals surface area contributed by atoms with Gasteiger partial charge >= 0.3 is 0 Å². The monoisotopic (exact) mass is 350 g/mol. The van der Waals surface area contributed by atoms with Crippen LogP contribution in [0.1, 0.15) is 51.5 Å². The van der Waals surface area contributed by atoms with Crippen molar-refractivity contribution in [3.05, 3.63) is 35.8 Å². The second-order valence-electron chi connectivity index (χ2n) is 7.69. The molecule has 1 aromatic heterocycles. The fraction of sp³-hybridized carbons (Fsp3) is 0.700. The molecule has 2 aliphatic heterocycles. The van der Waals surface area contributed by atoms with Crippen molar-refractivity contribution in [1.29, 1.82) is 0 Å². The van der Waals surface area contributed by atoms with Crippen LogP contribution in [0.2, 0.25) is 0 Å². The van der Waals surface area contributed by atoms with E-state index in [4.69, 9.17) is 13.9 Å². The number of ether oxygens (including phenoxy) is 2. The summed E-state index contributed by atoms with van der Waals surface area (Å²) in [6, 6.07) is 1.96. The summed E-state index contributed by atoms with van der Waals surface area (Å²) in [5.41, 5.74) is 1.64. The van der Waals surface area contributed by atoms with Gasteiger partial charge in [-0.15, -0.1) is 0 Å². The molecular weight excluding hydrogens is 320 g/mol. The van der Waals surface area contributed by atoms with E-state index in [9.17, 15) is 10.2 Å². The van der Waals surface area contributed by atoms with Crippen LogP contribution in [0.5, 0.6) is 0 Å². The number of furan rings is 1. The molecule has 5 heteroatoms. The lowest BCUT2D eigenvalue weighted by Gasteiger charge is -2.11. The predicted octanol–water partition coefficient (Wildman–Crippen LogP) is 3.00. The van der Waals surface area contributed by atoms with E-state index in [1.165, 1.54) is 5.57 Å². The Morgan fingerprint density at radius 3 is 2.36 bits per heavy atom. The molecule has 0 amide bonds. The van der Waals surface area contributed by atoms with Crippen molar-refractivity contribution in [2.75, 3.05) is 13.2 Å². The molecule has 2 fully saturated rings. The lowest BCUT2D eigenvalue weighted by atomic mass is 9.91. The molecule has 5 nitrogen and oxygen atoms in total. The van der Waals surface area contributed by atoms with Crippen molar-refractivity contribution >= 4 is 0 Å². The Hall–Kier alpha value is -1.14. The minimum atomic E-state index is -0.420. The Morgan fingerprint density at radius 1 is 1.08 bits per heavy atom. The fourth-order valence-corrected chi connectivity index (χ4v) is 3.73. The first-order valence-electron chi connectivity index (χ1n) is 9.25. The van der Waals surface area contributed by atoms with Crippen LogP contribution in [0.4, 0.5) is 0 Å². The van der Waals surface area contributed by atoms with Gasteiger partial charge < -0.3 is 24.1 Å². The minimum absolute atomic E-state index is 0.0413. The normalized spacial score (nSPS) is 33.3. The summed E-state index contributed by atoms with van der Waals surface area (Å²) in [6.07, 6.45) is 10.9. The molecule has 4 atom stereocenters. The van der Waals surface area contributed by atoms with Gasteiger partial charge in [-0.25, -0.2) is 0 Å². The third-order valence-electron chi connectivity index (χ3n) is 5.57. The van der Waals surface area contributed by atoms with E-state index < -0.39 is 5.60 Å². The third kappa shape index (κ3) is 4.34. The van der Waals surface area contributed by atoms with E-state index in [0.29, 0.717) is 0 Å². The molecule has 0 saturated carbocycles. The summed E-state index contributed by atoms with van der Waals surface area (Å²) in [7, 11) is 0. The molecule has 3 heterocycles. The highest BCUT2D eigenvalue weighted by molar-refractivity contribution is 5.11. The van der Waals surface area contributed by atoms with E-state index in [0.717, 1.165) is 44.1 Å². The van der Waals surface area contributed by atoms with Crippen molar-refractivity contribution in [2.45, 2.75) is 75.8 Å². The third-order valence-corrected chi connectivity index (χ3v) is 5.57. The molecule has 0 radical (unpaired) electrons. The Kier molecular flexibility index (Phi) is 5.68. The van der Waals surface area contributed by atoms with Crippen molar-refractivity contribution in [3.63, 3.8) is 0 Å². The molecule has 0 aliphatic carbocycles. The number of epoxide rings is 2. The van der Waals surface area contributed by atoms with Gasteiger partial charge in [0.2, 0.25) is 0 Å². The van der Waals surface area contributed by atoms with Gasteiger partial charge in [-0.3, -0.25) is 0 Å². The SMILES string of the molecule is CC(C)=CCC[C@@]1(CO)O[C@H]1CC[C@@]1(CO)O[C@H]1CCc1ccoc1. The largest absolute Gasteiger partial charge is 0.472 e. The van der Waals surface area contributed by atoms with Crippen LogP contribution >= 0.6 is 0 Å². The second-order valence-corrected chi connectivity index (χ2v) is 7.69. The number of rotatable bonds is 11. The number of allylic oxidation sites excluding steroid dienone is 2. The molecular formula is C20H30O5. The van der Waals surface area contributed by atoms with Gasteiger partial charge in [-0.2, -0.15) is 0 Å². The van der Waals surface area contributed by atoms with E-state index >= 15 is 0 Å². The van der Waals surface area contributed by atoms with Gasteiger partial charge in [0.15, 0.2) is 0 Å². The summed E-state index contributed by atoms with van der Waals surface area (Å²) in [4.78, 5) is 0.